The van der Waals surface area contributed by atoms with Crippen molar-refractivity contribution in [1.29, 1.82) is 0 Å². The zero-order valence-electron chi connectivity index (χ0n) is 49.7. The number of carbonyl (C=O) groups is 12. The normalized spacial score (nSPS) is 27.5. The topological polar surface area (TPSA) is 424 Å². The second-order valence-electron chi connectivity index (χ2n) is 23.3. The number of imide groups is 1. The van der Waals surface area contributed by atoms with E-state index in [2.05, 4.69) is 42.2 Å². The number of amides is 11. The standard InChI is InChI=1S/C58H81N11O17S2/c1-5-29(2)36-18-33(71)22-61-53(80)39-20-37-35-12-13-44(86-4)38(27-87-17-7-6-16-60-51(78)32-10-8-31(9-11-32)24-69-47(76)14-15-48(69)77)50(35)67-57(37)88(85)28-41(63-46(75)23-62-52(36)79)54(81)65-40(21-45(59)74)58(84)68-25-34(72)19-42(68)55(82)66-49(56(83)64-39)30(3)43(73)26-70/h12-15,29-32,34,36,39-43,49,67,70,72-73H,5-11,16-28H2,1-4H3,(H2,59,74)(H,60,78)(H,61,80)(H,62,79)(H,63,75)(H,64,83)(H,65,81)(H,66,82)/t29-,30-,31?,32?,34+,36-,39-,40-,41-,42?,43-,49-,88?/m0/s1. The van der Waals surface area contributed by atoms with Crippen LogP contribution in [-0.2, 0) is 80.5 Å². The number of hydrogen-bond donors (Lipinski definition) is 12. The Morgan fingerprint density at radius 2 is 1.57 bits per heavy atom. The first-order valence-electron chi connectivity index (χ1n) is 29.7. The third-order valence-electron chi connectivity index (χ3n) is 17.2. The number of nitrogens with one attached hydrogen (secondary N) is 8. The lowest BCUT2D eigenvalue weighted by Crippen LogP contribution is -2.62. The third kappa shape index (κ3) is 17.1. The van der Waals surface area contributed by atoms with E-state index in [-0.39, 0.29) is 45.9 Å². The number of unbranched alkanes of at least 4 members (excludes halogenated alkanes) is 1. The zero-order valence-corrected chi connectivity index (χ0v) is 51.4. The fraction of sp³-hybridized carbons (Fsp3) is 0.621. The van der Waals surface area contributed by atoms with Gasteiger partial charge in [-0.2, -0.15) is 11.8 Å². The van der Waals surface area contributed by atoms with Crippen molar-refractivity contribution >= 4 is 104 Å². The summed E-state index contributed by atoms with van der Waals surface area (Å²) in [6, 6.07) is -5.57. The van der Waals surface area contributed by atoms with Gasteiger partial charge in [0.15, 0.2) is 5.78 Å². The average Bonchev–Trinajstić information content (AvgIpc) is 2.06. The van der Waals surface area contributed by atoms with Gasteiger partial charge in [0.25, 0.3) is 11.8 Å². The van der Waals surface area contributed by atoms with Crippen LogP contribution < -0.4 is 47.7 Å². The smallest absolute Gasteiger partial charge is 0.253 e. The Morgan fingerprint density at radius 1 is 0.864 bits per heavy atom. The SMILES string of the molecule is CC[C@H](C)[C@@H]1CC(=O)CNC(=O)[C@@H]2Cc3c([nH]c4c(CSCCCCNC(=O)C5CCC(CN6C(=O)C=CC6=O)CC5)c(OC)ccc34)S(=O)C[C@H](NC(=O)CNC1=O)C(=O)N[C@@H](CC(N)=O)C(=O)N1C[C@H](O)CC1C(=O)N[C@@H]([C@@H](C)[C@@H](O)CO)C(=O)N2. The molecule has 482 valence electrons. The Bertz CT molecular complexity index is 3040. The van der Waals surface area contributed by atoms with Crippen LogP contribution in [0.1, 0.15) is 96.1 Å². The molecule has 1 aliphatic carbocycles. The van der Waals surface area contributed by atoms with Gasteiger partial charge in [-0.25, -0.2) is 0 Å². The van der Waals surface area contributed by atoms with E-state index in [1.165, 1.54) is 42.8 Å². The van der Waals surface area contributed by atoms with Crippen molar-refractivity contribution in [2.75, 3.05) is 57.9 Å². The van der Waals surface area contributed by atoms with Gasteiger partial charge in [0.2, 0.25) is 53.2 Å². The van der Waals surface area contributed by atoms with Crippen LogP contribution in [0.4, 0.5) is 0 Å². The highest BCUT2D eigenvalue weighted by Gasteiger charge is 2.45. The number of benzene rings is 1. The molecule has 0 spiro atoms. The Morgan fingerprint density at radius 3 is 2.24 bits per heavy atom. The number of aromatic nitrogens is 1. The molecule has 13 N–H and O–H groups in total. The van der Waals surface area contributed by atoms with Crippen molar-refractivity contribution in [3.63, 3.8) is 0 Å². The summed E-state index contributed by atoms with van der Waals surface area (Å²) in [5.74, 6) is -11.9. The Balaban J connectivity index is 1.23. The number of nitrogens with zero attached hydrogens (tertiary/aromatic N) is 2. The molecule has 1 aromatic carbocycles. The molecule has 4 aliphatic heterocycles. The van der Waals surface area contributed by atoms with Gasteiger partial charge in [0.1, 0.15) is 41.0 Å². The van der Waals surface area contributed by atoms with Gasteiger partial charge in [-0.3, -0.25) is 66.6 Å². The number of ether oxygens (including phenoxy) is 1. The number of ketones is 1. The molecule has 5 heterocycles. The van der Waals surface area contributed by atoms with E-state index < -0.39 is 182 Å². The van der Waals surface area contributed by atoms with Crippen molar-refractivity contribution in [2.45, 2.75) is 145 Å². The molecule has 5 aliphatic rings. The molecule has 2 unspecified atom stereocenters. The predicted octanol–water partition coefficient (Wildman–Crippen LogP) is -2.67. The summed E-state index contributed by atoms with van der Waals surface area (Å²) in [6.07, 6.45) is 1.68. The minimum atomic E-state index is -2.43. The number of Topliss-reactive ketones (excluding diaryl/α,β-unsaturated/α-hetero) is 1. The average molecular weight is 1270 g/mol. The van der Waals surface area contributed by atoms with Crippen molar-refractivity contribution in [1.82, 2.24) is 52.0 Å². The lowest BCUT2D eigenvalue weighted by Gasteiger charge is -2.32. The summed E-state index contributed by atoms with van der Waals surface area (Å²) in [5.41, 5.74) is 6.64. The van der Waals surface area contributed by atoms with Gasteiger partial charge < -0.3 is 72.9 Å². The number of hydrogen-bond acceptors (Lipinski definition) is 18. The molecule has 7 rings (SSSR count). The molecule has 30 heteroatoms. The van der Waals surface area contributed by atoms with Gasteiger partial charge in [0, 0.05) is 85.5 Å². The molecular weight excluding hydrogens is 1190 g/mol. The van der Waals surface area contributed by atoms with E-state index in [9.17, 15) is 72.9 Å². The van der Waals surface area contributed by atoms with Gasteiger partial charge in [-0.05, 0) is 73.8 Å². The highest BCUT2D eigenvalue weighted by Crippen LogP contribution is 2.37. The van der Waals surface area contributed by atoms with Crippen LogP contribution in [0.5, 0.6) is 5.75 Å². The maximum atomic E-state index is 15.3. The molecule has 2 bridgehead atoms. The van der Waals surface area contributed by atoms with Crippen LogP contribution in [-0.4, -0.2) is 205 Å². The van der Waals surface area contributed by atoms with Crippen LogP contribution in [0, 0.1) is 29.6 Å². The molecule has 1 saturated heterocycles. The summed E-state index contributed by atoms with van der Waals surface area (Å²) >= 11 is 1.51. The molecule has 88 heavy (non-hydrogen) atoms. The fourth-order valence-electron chi connectivity index (χ4n) is 11.8. The molecular formula is C58H81N11O17S2. The van der Waals surface area contributed by atoms with Crippen LogP contribution in [0.3, 0.4) is 0 Å². The number of rotatable bonds is 18. The number of carbonyl (C=O) groups excluding carboxylic acids is 12. The molecule has 0 radical (unpaired) electrons. The molecule has 2 aromatic rings. The minimum absolute atomic E-state index is 0.0564. The number of fused-ring (bicyclic) bond motifs is 5. The number of primary amides is 1. The summed E-state index contributed by atoms with van der Waals surface area (Å²) in [6.45, 7) is 2.72. The molecule has 2 fully saturated rings. The van der Waals surface area contributed by atoms with E-state index in [1.807, 2.05) is 0 Å². The van der Waals surface area contributed by atoms with Crippen molar-refractivity contribution in [3.05, 3.63) is 35.4 Å². The number of nitrogens with two attached hydrogens (primary N) is 1. The van der Waals surface area contributed by atoms with Crippen LogP contribution in [0.2, 0.25) is 0 Å². The summed E-state index contributed by atoms with van der Waals surface area (Å²) in [5, 5.41) is 50.3. The maximum Gasteiger partial charge on any atom is 0.253 e. The molecule has 11 atom stereocenters. The van der Waals surface area contributed by atoms with Crippen molar-refractivity contribution in [3.8, 4) is 5.75 Å². The largest absolute Gasteiger partial charge is 0.496 e. The second kappa shape index (κ2) is 31.3. The monoisotopic (exact) mass is 1270 g/mol. The van der Waals surface area contributed by atoms with E-state index in [1.54, 1.807) is 26.0 Å². The maximum absolute atomic E-state index is 15.3. The Labute approximate surface area is 514 Å². The second-order valence-corrected chi connectivity index (χ2v) is 25.8. The first kappa shape index (κ1) is 68.2. The predicted molar refractivity (Wildman–Crippen MR) is 318 cm³/mol. The number of aromatic amines is 1. The highest BCUT2D eigenvalue weighted by molar-refractivity contribution is 7.98. The summed E-state index contributed by atoms with van der Waals surface area (Å²) < 4.78 is 21.2. The number of methoxy groups -OCH3 is 1. The van der Waals surface area contributed by atoms with Crippen LogP contribution >= 0.6 is 11.8 Å². The van der Waals surface area contributed by atoms with E-state index in [4.69, 9.17) is 10.5 Å². The quantitative estimate of drug-likeness (QED) is 0.0535. The minimum Gasteiger partial charge on any atom is -0.496 e. The van der Waals surface area contributed by atoms with Crippen molar-refractivity contribution < 1.29 is 81.8 Å². The summed E-state index contributed by atoms with van der Waals surface area (Å²) in [4.78, 5) is 170. The summed E-state index contributed by atoms with van der Waals surface area (Å²) in [7, 11) is -0.992. The first-order chi connectivity index (χ1) is 41.9. The Kier molecular flexibility index (Phi) is 24.2. The molecule has 28 nitrogen and oxygen atoms in total. The van der Waals surface area contributed by atoms with E-state index in [0.717, 1.165) is 4.90 Å². The van der Waals surface area contributed by atoms with Gasteiger partial charge >= 0.3 is 0 Å². The van der Waals surface area contributed by atoms with Crippen LogP contribution in [0.25, 0.3) is 10.9 Å². The number of aliphatic hydroxyl groups excluding tert-OH is 3. The molecule has 1 saturated carbocycles. The Hall–Kier alpha value is -7.28. The van der Waals surface area contributed by atoms with Gasteiger partial charge in [0.05, 0.1) is 67.5 Å². The first-order valence-corrected chi connectivity index (χ1v) is 32.2. The lowest BCUT2D eigenvalue weighted by molar-refractivity contribution is -0.144. The molecule has 11 amide bonds. The molecule has 1 aromatic heterocycles. The van der Waals surface area contributed by atoms with E-state index in [0.29, 0.717) is 86.0 Å². The lowest BCUT2D eigenvalue weighted by atomic mass is 9.81. The van der Waals surface area contributed by atoms with E-state index >= 15 is 4.21 Å². The third-order valence-corrected chi connectivity index (χ3v) is 19.7. The highest BCUT2D eigenvalue weighted by atomic mass is 32.2. The van der Waals surface area contributed by atoms with Gasteiger partial charge in [-0.15, -0.1) is 0 Å². The van der Waals surface area contributed by atoms with Gasteiger partial charge in [-0.1, -0.05) is 27.2 Å². The number of thioether (sulfide) groups is 1. The van der Waals surface area contributed by atoms with Crippen molar-refractivity contribution in [2.24, 2.45) is 35.3 Å². The van der Waals surface area contributed by atoms with Crippen LogP contribution in [0.15, 0.2) is 29.3 Å². The number of H-pyrrole nitrogens is 1. The number of aliphatic hydroxyl groups is 3. The zero-order chi connectivity index (χ0) is 64.1. The fourth-order valence-corrected chi connectivity index (χ4v) is 14.2.